The third kappa shape index (κ3) is 3.00. The number of methoxy groups -OCH3 is 1. The van der Waals surface area contributed by atoms with E-state index < -0.39 is 0 Å². The third-order valence-corrected chi connectivity index (χ3v) is 4.95. The highest BCUT2D eigenvalue weighted by Crippen LogP contribution is 2.41. The number of hydrogen-bond acceptors (Lipinski definition) is 4. The van der Waals surface area contributed by atoms with E-state index in [0.717, 1.165) is 27.8 Å². The molecule has 0 fully saturated rings. The maximum Gasteiger partial charge on any atom is 0.222 e. The van der Waals surface area contributed by atoms with Crippen molar-refractivity contribution in [2.24, 2.45) is 0 Å². The molecule has 2 heterocycles. The van der Waals surface area contributed by atoms with Crippen molar-refractivity contribution < 1.29 is 9.13 Å². The lowest BCUT2D eigenvalue weighted by atomic mass is 9.93. The van der Waals surface area contributed by atoms with Crippen LogP contribution in [-0.2, 0) is 0 Å². The number of anilines is 1. The molecule has 2 aromatic carbocycles. The van der Waals surface area contributed by atoms with E-state index in [-0.39, 0.29) is 17.9 Å². The van der Waals surface area contributed by atoms with Crippen molar-refractivity contribution in [3.8, 4) is 5.75 Å². The zero-order valence-electron chi connectivity index (χ0n) is 13.5. The Morgan fingerprint density at radius 2 is 2.04 bits per heavy atom. The zero-order valence-corrected chi connectivity index (χ0v) is 15.1. The summed E-state index contributed by atoms with van der Waals surface area (Å²) in [5.74, 6) is 1.25. The van der Waals surface area contributed by atoms with Gasteiger partial charge < -0.3 is 10.1 Å². The van der Waals surface area contributed by atoms with Gasteiger partial charge in [-0.1, -0.05) is 28.1 Å². The minimum Gasteiger partial charge on any atom is -0.496 e. The molecule has 0 radical (unpaired) electrons. The van der Waals surface area contributed by atoms with Gasteiger partial charge in [-0.3, -0.25) is 0 Å². The van der Waals surface area contributed by atoms with Gasteiger partial charge in [0, 0.05) is 10.0 Å². The van der Waals surface area contributed by atoms with E-state index in [2.05, 4.69) is 31.3 Å². The number of nitrogens with zero attached hydrogens (tertiary/aromatic N) is 3. The van der Waals surface area contributed by atoms with Gasteiger partial charge in [0.1, 0.15) is 17.9 Å². The number of rotatable bonds is 3. The Morgan fingerprint density at radius 1 is 1.24 bits per heavy atom. The molecule has 1 aliphatic heterocycles. The smallest absolute Gasteiger partial charge is 0.222 e. The Kier molecular flexibility index (Phi) is 4.17. The van der Waals surface area contributed by atoms with Crippen LogP contribution in [0.5, 0.6) is 5.75 Å². The number of hydrogen-bond donors (Lipinski definition) is 1. The number of benzene rings is 2. The van der Waals surface area contributed by atoms with Crippen LogP contribution in [0.2, 0.25) is 0 Å². The Morgan fingerprint density at radius 3 is 2.80 bits per heavy atom. The van der Waals surface area contributed by atoms with Crippen molar-refractivity contribution >= 4 is 21.9 Å². The van der Waals surface area contributed by atoms with Crippen molar-refractivity contribution in [2.75, 3.05) is 12.4 Å². The normalized spacial score (nSPS) is 19.2. The molecule has 5 nitrogen and oxygen atoms in total. The first-order valence-electron chi connectivity index (χ1n) is 7.90. The van der Waals surface area contributed by atoms with Crippen molar-refractivity contribution in [1.29, 1.82) is 0 Å². The molecule has 3 aromatic rings. The van der Waals surface area contributed by atoms with E-state index in [1.165, 1.54) is 18.5 Å². The second-order valence-corrected chi connectivity index (χ2v) is 6.83. The first-order valence-corrected chi connectivity index (χ1v) is 8.70. The molecule has 0 amide bonds. The molecular weight excluding hydrogens is 387 g/mol. The fourth-order valence-electron chi connectivity index (χ4n) is 3.26. The van der Waals surface area contributed by atoms with Crippen molar-refractivity contribution in [3.05, 3.63) is 70.2 Å². The fraction of sp³-hybridized carbons (Fsp3) is 0.222. The Balaban J connectivity index is 1.77. The molecular formula is C18H16BrFN4O. The van der Waals surface area contributed by atoms with E-state index in [1.807, 2.05) is 22.9 Å². The Hall–Kier alpha value is -2.41. The first-order chi connectivity index (χ1) is 12.2. The first kappa shape index (κ1) is 16.1. The Bertz CT molecular complexity index is 896. The number of nitrogens with one attached hydrogen (secondary N) is 1. The van der Waals surface area contributed by atoms with Gasteiger partial charge in [0.05, 0.1) is 19.2 Å². The predicted molar refractivity (Wildman–Crippen MR) is 96.2 cm³/mol. The Labute approximate surface area is 153 Å². The fourth-order valence-corrected chi connectivity index (χ4v) is 3.64. The highest BCUT2D eigenvalue weighted by Gasteiger charge is 2.31. The second kappa shape index (κ2) is 6.48. The van der Waals surface area contributed by atoms with Crippen LogP contribution in [0.4, 0.5) is 10.3 Å². The van der Waals surface area contributed by atoms with Gasteiger partial charge in [-0.2, -0.15) is 10.1 Å². The second-order valence-electron chi connectivity index (χ2n) is 5.91. The molecule has 1 aromatic heterocycles. The van der Waals surface area contributed by atoms with E-state index in [1.54, 1.807) is 19.2 Å². The van der Waals surface area contributed by atoms with E-state index in [0.29, 0.717) is 5.95 Å². The number of fused-ring (bicyclic) bond motifs is 1. The summed E-state index contributed by atoms with van der Waals surface area (Å²) in [6.07, 6.45) is 2.28. The number of halogens is 2. The lowest BCUT2D eigenvalue weighted by Crippen LogP contribution is -2.28. The van der Waals surface area contributed by atoms with E-state index in [9.17, 15) is 4.39 Å². The van der Waals surface area contributed by atoms with Crippen LogP contribution < -0.4 is 10.1 Å². The van der Waals surface area contributed by atoms with Gasteiger partial charge in [-0.15, -0.1) is 0 Å². The van der Waals surface area contributed by atoms with Crippen LogP contribution >= 0.6 is 15.9 Å². The van der Waals surface area contributed by atoms with Crippen LogP contribution in [0.3, 0.4) is 0 Å². The highest BCUT2D eigenvalue weighted by molar-refractivity contribution is 9.10. The molecule has 128 valence electrons. The summed E-state index contributed by atoms with van der Waals surface area (Å²) in [5.41, 5.74) is 2.03. The van der Waals surface area contributed by atoms with Crippen LogP contribution in [0.1, 0.15) is 29.6 Å². The minimum absolute atomic E-state index is 0.00554. The molecule has 0 spiro atoms. The van der Waals surface area contributed by atoms with Gasteiger partial charge in [-0.05, 0) is 42.3 Å². The SMILES string of the molecule is COc1ccc(Br)cc1[C@@H]1C[C@H](c2ccc(F)cc2)Nc2ncnn21. The molecule has 7 heteroatoms. The van der Waals surface area contributed by atoms with Crippen LogP contribution in [0, 0.1) is 5.82 Å². The topological polar surface area (TPSA) is 52.0 Å². The van der Waals surface area contributed by atoms with Gasteiger partial charge in [0.25, 0.3) is 0 Å². The van der Waals surface area contributed by atoms with Gasteiger partial charge in [0.2, 0.25) is 5.95 Å². The molecule has 0 unspecified atom stereocenters. The quantitative estimate of drug-likeness (QED) is 0.707. The van der Waals surface area contributed by atoms with Gasteiger partial charge in [0.15, 0.2) is 0 Å². The molecule has 0 aliphatic carbocycles. The monoisotopic (exact) mass is 402 g/mol. The molecule has 0 saturated carbocycles. The van der Waals surface area contributed by atoms with Crippen molar-refractivity contribution in [3.63, 3.8) is 0 Å². The van der Waals surface area contributed by atoms with Crippen LogP contribution in [0.25, 0.3) is 0 Å². The lowest BCUT2D eigenvalue weighted by molar-refractivity contribution is 0.379. The summed E-state index contributed by atoms with van der Waals surface area (Å²) >= 11 is 3.53. The number of ether oxygens (including phenoxy) is 1. The summed E-state index contributed by atoms with van der Waals surface area (Å²) in [6.45, 7) is 0. The summed E-state index contributed by atoms with van der Waals surface area (Å²) in [6, 6.07) is 12.4. The zero-order chi connectivity index (χ0) is 17.4. The van der Waals surface area contributed by atoms with Crippen LogP contribution in [0.15, 0.2) is 53.3 Å². The summed E-state index contributed by atoms with van der Waals surface area (Å²) < 4.78 is 21.6. The van der Waals surface area contributed by atoms with E-state index >= 15 is 0 Å². The molecule has 1 N–H and O–H groups in total. The summed E-state index contributed by atoms with van der Waals surface area (Å²) in [7, 11) is 1.66. The van der Waals surface area contributed by atoms with Crippen molar-refractivity contribution in [1.82, 2.24) is 14.8 Å². The standard InChI is InChI=1S/C18H16BrFN4O/c1-25-17-7-4-12(19)8-14(17)16-9-15(11-2-5-13(20)6-3-11)23-18-21-10-22-24(16)18/h2-8,10,15-16H,9H2,1H3,(H,21,22,23)/t15-,16+/m1/s1. The summed E-state index contributed by atoms with van der Waals surface area (Å²) in [4.78, 5) is 4.32. The minimum atomic E-state index is -0.243. The molecule has 0 bridgehead atoms. The molecule has 2 atom stereocenters. The molecule has 1 aliphatic rings. The van der Waals surface area contributed by atoms with Gasteiger partial charge >= 0.3 is 0 Å². The van der Waals surface area contributed by atoms with Crippen molar-refractivity contribution in [2.45, 2.75) is 18.5 Å². The van der Waals surface area contributed by atoms with Gasteiger partial charge in [-0.25, -0.2) is 9.07 Å². The largest absolute Gasteiger partial charge is 0.496 e. The lowest BCUT2D eigenvalue weighted by Gasteiger charge is -2.32. The average molecular weight is 403 g/mol. The van der Waals surface area contributed by atoms with E-state index in [4.69, 9.17) is 4.74 Å². The molecule has 25 heavy (non-hydrogen) atoms. The third-order valence-electron chi connectivity index (χ3n) is 4.45. The maximum atomic E-state index is 13.3. The maximum absolute atomic E-state index is 13.3. The van der Waals surface area contributed by atoms with Crippen LogP contribution in [-0.4, -0.2) is 21.9 Å². The highest BCUT2D eigenvalue weighted by atomic mass is 79.9. The molecule has 0 saturated heterocycles. The number of aromatic nitrogens is 3. The average Bonchev–Trinajstić information content (AvgIpc) is 3.10. The predicted octanol–water partition coefficient (Wildman–Crippen LogP) is 4.33. The molecule has 4 rings (SSSR count). The summed E-state index contributed by atoms with van der Waals surface area (Å²) in [5, 5.41) is 7.75.